The first kappa shape index (κ1) is 16.3. The maximum absolute atomic E-state index is 12.4. The van der Waals surface area contributed by atoms with Crippen LogP contribution in [0, 0.1) is 0 Å². The standard InChI is InChI=1S/C19H24N4O2/c24-19(18-3-1-14-25-18)22-12-10-21(11-13-22)15-16-4-6-17(7-5-16)23-9-2-8-20-23/h2,4-9,18H,1,3,10-15H2/t18-/m1/s1. The lowest BCUT2D eigenvalue weighted by Crippen LogP contribution is -2.51. The van der Waals surface area contributed by atoms with Crippen LogP contribution in [-0.4, -0.2) is 64.4 Å². The molecule has 1 atom stereocenters. The van der Waals surface area contributed by atoms with Crippen molar-refractivity contribution in [3.05, 3.63) is 48.3 Å². The van der Waals surface area contributed by atoms with Crippen LogP contribution < -0.4 is 0 Å². The van der Waals surface area contributed by atoms with Gasteiger partial charge in [-0.1, -0.05) is 12.1 Å². The lowest BCUT2D eigenvalue weighted by molar-refractivity contribution is -0.142. The van der Waals surface area contributed by atoms with Gasteiger partial charge >= 0.3 is 0 Å². The molecule has 1 aromatic carbocycles. The molecule has 25 heavy (non-hydrogen) atoms. The maximum Gasteiger partial charge on any atom is 0.251 e. The first-order valence-corrected chi connectivity index (χ1v) is 9.01. The lowest BCUT2D eigenvalue weighted by atomic mass is 10.1. The van der Waals surface area contributed by atoms with Crippen LogP contribution in [0.15, 0.2) is 42.7 Å². The van der Waals surface area contributed by atoms with Crippen molar-refractivity contribution in [3.8, 4) is 5.69 Å². The van der Waals surface area contributed by atoms with Crippen LogP contribution in [-0.2, 0) is 16.1 Å². The van der Waals surface area contributed by atoms with Crippen LogP contribution >= 0.6 is 0 Å². The normalized spacial score (nSPS) is 21.6. The van der Waals surface area contributed by atoms with Crippen LogP contribution in [0.4, 0.5) is 0 Å². The van der Waals surface area contributed by atoms with Gasteiger partial charge in [0.05, 0.1) is 5.69 Å². The molecule has 6 heteroatoms. The van der Waals surface area contributed by atoms with Gasteiger partial charge in [0.1, 0.15) is 6.10 Å². The summed E-state index contributed by atoms with van der Waals surface area (Å²) in [5.41, 5.74) is 2.36. The van der Waals surface area contributed by atoms with Gasteiger partial charge in [0.25, 0.3) is 5.91 Å². The highest BCUT2D eigenvalue weighted by Gasteiger charge is 2.30. The number of benzene rings is 1. The first-order valence-electron chi connectivity index (χ1n) is 9.01. The SMILES string of the molecule is O=C([C@H]1CCCO1)N1CCN(Cc2ccc(-n3cccn3)cc2)CC1. The Morgan fingerprint density at radius 1 is 1.16 bits per heavy atom. The summed E-state index contributed by atoms with van der Waals surface area (Å²) in [5, 5.41) is 4.25. The van der Waals surface area contributed by atoms with Crippen LogP contribution in [0.2, 0.25) is 0 Å². The average molecular weight is 340 g/mol. The summed E-state index contributed by atoms with van der Waals surface area (Å²) in [7, 11) is 0. The molecule has 0 aliphatic carbocycles. The summed E-state index contributed by atoms with van der Waals surface area (Å²) in [6.45, 7) is 5.07. The minimum Gasteiger partial charge on any atom is -0.368 e. The van der Waals surface area contributed by atoms with Gasteiger partial charge < -0.3 is 9.64 Å². The second kappa shape index (κ2) is 7.37. The molecule has 4 rings (SSSR count). The summed E-state index contributed by atoms with van der Waals surface area (Å²) in [6.07, 6.45) is 5.42. The second-order valence-electron chi connectivity index (χ2n) is 6.72. The summed E-state index contributed by atoms with van der Waals surface area (Å²) in [6, 6.07) is 10.4. The minimum atomic E-state index is -0.193. The van der Waals surface area contributed by atoms with Crippen molar-refractivity contribution in [2.75, 3.05) is 32.8 Å². The molecule has 0 spiro atoms. The van der Waals surface area contributed by atoms with Crippen LogP contribution in [0.3, 0.4) is 0 Å². The molecule has 2 aromatic rings. The Bertz CT molecular complexity index is 685. The van der Waals surface area contributed by atoms with E-state index in [-0.39, 0.29) is 12.0 Å². The second-order valence-corrected chi connectivity index (χ2v) is 6.72. The Kier molecular flexibility index (Phi) is 4.81. The van der Waals surface area contributed by atoms with Crippen molar-refractivity contribution in [2.45, 2.75) is 25.5 Å². The molecule has 6 nitrogen and oxygen atoms in total. The number of amides is 1. The molecule has 0 bridgehead atoms. The molecule has 2 aliphatic heterocycles. The number of piperazine rings is 1. The highest BCUT2D eigenvalue weighted by molar-refractivity contribution is 5.81. The molecular formula is C19H24N4O2. The zero-order valence-electron chi connectivity index (χ0n) is 14.4. The number of carbonyl (C=O) groups excluding carboxylic acids is 1. The molecular weight excluding hydrogens is 316 g/mol. The van der Waals surface area contributed by atoms with E-state index in [9.17, 15) is 4.79 Å². The Balaban J connectivity index is 1.29. The zero-order chi connectivity index (χ0) is 17.1. The van der Waals surface area contributed by atoms with E-state index in [4.69, 9.17) is 4.74 Å². The molecule has 0 radical (unpaired) electrons. The van der Waals surface area contributed by atoms with Gasteiger partial charge in [-0.3, -0.25) is 9.69 Å². The van der Waals surface area contributed by atoms with Gasteiger partial charge in [-0.05, 0) is 36.6 Å². The molecule has 1 aromatic heterocycles. The highest BCUT2D eigenvalue weighted by atomic mass is 16.5. The van der Waals surface area contributed by atoms with E-state index in [0.717, 1.165) is 57.9 Å². The van der Waals surface area contributed by atoms with Crippen molar-refractivity contribution in [3.63, 3.8) is 0 Å². The van der Waals surface area contributed by atoms with E-state index >= 15 is 0 Å². The van der Waals surface area contributed by atoms with Gasteiger partial charge in [0.2, 0.25) is 0 Å². The summed E-state index contributed by atoms with van der Waals surface area (Å²) < 4.78 is 7.38. The van der Waals surface area contributed by atoms with Gasteiger partial charge in [-0.15, -0.1) is 0 Å². The van der Waals surface area contributed by atoms with Crippen molar-refractivity contribution in [1.29, 1.82) is 0 Å². The smallest absolute Gasteiger partial charge is 0.251 e. The monoisotopic (exact) mass is 340 g/mol. The van der Waals surface area contributed by atoms with Crippen molar-refractivity contribution in [2.24, 2.45) is 0 Å². The van der Waals surface area contributed by atoms with Crippen LogP contribution in [0.5, 0.6) is 0 Å². The third kappa shape index (κ3) is 3.75. The Hall–Kier alpha value is -2.18. The molecule has 3 heterocycles. The van der Waals surface area contributed by atoms with Crippen molar-refractivity contribution >= 4 is 5.91 Å². The number of hydrogen-bond donors (Lipinski definition) is 0. The Morgan fingerprint density at radius 2 is 1.96 bits per heavy atom. The number of aromatic nitrogens is 2. The highest BCUT2D eigenvalue weighted by Crippen LogP contribution is 2.17. The molecule has 2 saturated heterocycles. The van der Waals surface area contributed by atoms with Gasteiger partial charge in [-0.2, -0.15) is 5.10 Å². The summed E-state index contributed by atoms with van der Waals surface area (Å²) in [4.78, 5) is 16.8. The van der Waals surface area contributed by atoms with Gasteiger partial charge in [-0.25, -0.2) is 4.68 Å². The van der Waals surface area contributed by atoms with Crippen molar-refractivity contribution in [1.82, 2.24) is 19.6 Å². The molecule has 0 saturated carbocycles. The topological polar surface area (TPSA) is 50.6 Å². The predicted molar refractivity (Wildman–Crippen MR) is 94.4 cm³/mol. The number of carbonyl (C=O) groups is 1. The van der Waals surface area contributed by atoms with E-state index in [1.54, 1.807) is 6.20 Å². The van der Waals surface area contributed by atoms with Gasteiger partial charge in [0.15, 0.2) is 0 Å². The summed E-state index contributed by atoms with van der Waals surface area (Å²) in [5.74, 6) is 0.181. The fraction of sp³-hybridized carbons (Fsp3) is 0.474. The quantitative estimate of drug-likeness (QED) is 0.850. The number of nitrogens with zero attached hydrogens (tertiary/aromatic N) is 4. The van der Waals surface area contributed by atoms with E-state index in [2.05, 4.69) is 34.3 Å². The molecule has 132 valence electrons. The third-order valence-corrected chi connectivity index (χ3v) is 5.00. The molecule has 1 amide bonds. The fourth-order valence-corrected chi connectivity index (χ4v) is 3.54. The van der Waals surface area contributed by atoms with Crippen LogP contribution in [0.1, 0.15) is 18.4 Å². The first-order chi connectivity index (χ1) is 12.3. The fourth-order valence-electron chi connectivity index (χ4n) is 3.54. The molecule has 2 fully saturated rings. The Morgan fingerprint density at radius 3 is 2.60 bits per heavy atom. The van der Waals surface area contributed by atoms with E-state index in [1.165, 1.54) is 5.56 Å². The largest absolute Gasteiger partial charge is 0.368 e. The molecule has 2 aliphatic rings. The Labute approximate surface area is 148 Å². The lowest BCUT2D eigenvalue weighted by Gasteiger charge is -2.35. The zero-order valence-corrected chi connectivity index (χ0v) is 14.4. The molecule has 0 N–H and O–H groups in total. The number of hydrogen-bond acceptors (Lipinski definition) is 4. The van der Waals surface area contributed by atoms with E-state index in [1.807, 2.05) is 21.8 Å². The number of rotatable bonds is 4. The van der Waals surface area contributed by atoms with Crippen LogP contribution in [0.25, 0.3) is 5.69 Å². The molecule has 0 unspecified atom stereocenters. The third-order valence-electron chi connectivity index (χ3n) is 5.00. The predicted octanol–water partition coefficient (Wildman–Crippen LogP) is 1.70. The average Bonchev–Trinajstić information content (AvgIpc) is 3.36. The van der Waals surface area contributed by atoms with E-state index < -0.39 is 0 Å². The summed E-state index contributed by atoms with van der Waals surface area (Å²) >= 11 is 0. The van der Waals surface area contributed by atoms with Gasteiger partial charge in [0, 0.05) is 51.7 Å². The van der Waals surface area contributed by atoms with Crippen molar-refractivity contribution < 1.29 is 9.53 Å². The number of ether oxygens (including phenoxy) is 1. The minimum absolute atomic E-state index is 0.181. The van der Waals surface area contributed by atoms with E-state index in [0.29, 0.717) is 0 Å². The maximum atomic E-state index is 12.4.